The summed E-state index contributed by atoms with van der Waals surface area (Å²) in [4.78, 5) is 18.0. The minimum absolute atomic E-state index is 0.303. The number of ketones is 1. The van der Waals surface area contributed by atoms with Gasteiger partial charge in [0, 0.05) is 31.3 Å². The van der Waals surface area contributed by atoms with E-state index in [2.05, 4.69) is 16.0 Å². The van der Waals surface area contributed by atoms with Crippen molar-refractivity contribution in [3.63, 3.8) is 0 Å². The maximum absolute atomic E-state index is 11.3. The summed E-state index contributed by atoms with van der Waals surface area (Å²) in [5.74, 6) is 1.10. The highest BCUT2D eigenvalue weighted by Gasteiger charge is 2.18. The minimum Gasteiger partial charge on any atom is -0.356 e. The quantitative estimate of drug-likeness (QED) is 0.780. The van der Waals surface area contributed by atoms with Crippen molar-refractivity contribution < 1.29 is 4.79 Å². The predicted octanol–water partition coefficient (Wildman–Crippen LogP) is 2.28. The highest BCUT2D eigenvalue weighted by molar-refractivity contribution is 5.87. The summed E-state index contributed by atoms with van der Waals surface area (Å²) in [7, 11) is 0. The van der Waals surface area contributed by atoms with Crippen LogP contribution in [0.1, 0.15) is 18.4 Å². The van der Waals surface area contributed by atoms with Crippen LogP contribution in [0.2, 0.25) is 0 Å². The van der Waals surface area contributed by atoms with Gasteiger partial charge in [0.15, 0.2) is 0 Å². The minimum atomic E-state index is 0.303. The molecular weight excluding hydrogens is 238 g/mol. The van der Waals surface area contributed by atoms with E-state index in [-0.39, 0.29) is 0 Å². The first-order chi connectivity index (χ1) is 9.28. The molecule has 0 radical (unpaired) electrons. The Morgan fingerprint density at radius 2 is 1.95 bits per heavy atom. The van der Waals surface area contributed by atoms with Crippen LogP contribution in [0.5, 0.6) is 0 Å². The van der Waals surface area contributed by atoms with E-state index >= 15 is 0 Å². The molecule has 4 nitrogen and oxygen atoms in total. The number of nitriles is 1. The number of piperidine rings is 1. The number of carbonyl (C=O) groups excluding carboxylic acids is 1. The van der Waals surface area contributed by atoms with Gasteiger partial charge in [-0.2, -0.15) is 5.26 Å². The van der Waals surface area contributed by atoms with Crippen LogP contribution in [-0.4, -0.2) is 23.9 Å². The van der Waals surface area contributed by atoms with Gasteiger partial charge in [0.2, 0.25) is 0 Å². The number of hydrogen-bond donors (Lipinski definition) is 0. The third kappa shape index (κ3) is 2.15. The Bertz CT molecular complexity index is 677. The third-order valence-corrected chi connectivity index (χ3v) is 3.47. The molecule has 0 spiro atoms. The molecule has 0 N–H and O–H groups in total. The number of hydrogen-bond acceptors (Lipinski definition) is 4. The molecule has 0 saturated carbocycles. The molecule has 1 aromatic heterocycles. The van der Waals surface area contributed by atoms with Crippen LogP contribution in [0.25, 0.3) is 10.9 Å². The Morgan fingerprint density at radius 3 is 2.68 bits per heavy atom. The highest BCUT2D eigenvalue weighted by Crippen LogP contribution is 2.24. The number of fused-ring (bicyclic) bond motifs is 1. The largest absolute Gasteiger partial charge is 0.356 e. The lowest BCUT2D eigenvalue weighted by Crippen LogP contribution is -2.34. The van der Waals surface area contributed by atoms with Gasteiger partial charge in [-0.05, 0) is 12.1 Å². The van der Waals surface area contributed by atoms with E-state index in [0.717, 1.165) is 16.7 Å². The van der Waals surface area contributed by atoms with E-state index in [1.54, 1.807) is 0 Å². The maximum atomic E-state index is 11.3. The summed E-state index contributed by atoms with van der Waals surface area (Å²) in [5, 5.41) is 10.1. The molecule has 94 valence electrons. The summed E-state index contributed by atoms with van der Waals surface area (Å²) in [6.45, 7) is 1.38. The van der Waals surface area contributed by atoms with Crippen molar-refractivity contribution in [1.82, 2.24) is 4.98 Å². The molecule has 1 aliphatic rings. The van der Waals surface area contributed by atoms with Crippen molar-refractivity contribution >= 4 is 22.5 Å². The van der Waals surface area contributed by atoms with Crippen molar-refractivity contribution in [3.8, 4) is 6.07 Å². The van der Waals surface area contributed by atoms with Crippen molar-refractivity contribution in [1.29, 1.82) is 5.26 Å². The maximum Gasteiger partial charge on any atom is 0.136 e. The Kier molecular flexibility index (Phi) is 2.88. The zero-order valence-corrected chi connectivity index (χ0v) is 10.5. The number of Topliss-reactive ketones (excluding diaryl/α,β-unsaturated/α-hetero) is 1. The van der Waals surface area contributed by atoms with E-state index in [4.69, 9.17) is 0 Å². The second-order valence-corrected chi connectivity index (χ2v) is 4.68. The zero-order valence-electron chi connectivity index (χ0n) is 10.5. The molecule has 0 aliphatic carbocycles. The number of anilines is 1. The third-order valence-electron chi connectivity index (χ3n) is 3.47. The van der Waals surface area contributed by atoms with Crippen LogP contribution in [-0.2, 0) is 4.79 Å². The molecule has 0 unspecified atom stereocenters. The molecule has 0 amide bonds. The monoisotopic (exact) mass is 251 g/mol. The van der Waals surface area contributed by atoms with Gasteiger partial charge >= 0.3 is 0 Å². The first kappa shape index (κ1) is 11.7. The van der Waals surface area contributed by atoms with E-state index < -0.39 is 0 Å². The van der Waals surface area contributed by atoms with Gasteiger partial charge < -0.3 is 4.90 Å². The smallest absolute Gasteiger partial charge is 0.136 e. The molecule has 0 atom stereocenters. The number of pyridine rings is 1. The summed E-state index contributed by atoms with van der Waals surface area (Å²) in [6.07, 6.45) is 1.13. The van der Waals surface area contributed by atoms with E-state index in [1.807, 2.05) is 30.3 Å². The summed E-state index contributed by atoms with van der Waals surface area (Å²) < 4.78 is 0. The Balaban J connectivity index is 2.05. The van der Waals surface area contributed by atoms with Crippen LogP contribution >= 0.6 is 0 Å². The standard InChI is InChI=1S/C15H13N3O/c16-10-11-9-15(18-7-5-12(19)6-8-18)17-14-4-2-1-3-13(11)14/h1-4,9H,5-8H2. The van der Waals surface area contributed by atoms with Gasteiger partial charge in [-0.1, -0.05) is 18.2 Å². The average molecular weight is 251 g/mol. The van der Waals surface area contributed by atoms with Crippen molar-refractivity contribution in [3.05, 3.63) is 35.9 Å². The molecule has 2 heterocycles. The Hall–Kier alpha value is -2.41. The fourth-order valence-corrected chi connectivity index (χ4v) is 2.40. The number of carbonyl (C=O) groups is 1. The van der Waals surface area contributed by atoms with Crippen LogP contribution in [0.15, 0.2) is 30.3 Å². The Morgan fingerprint density at radius 1 is 1.21 bits per heavy atom. The summed E-state index contributed by atoms with van der Waals surface area (Å²) >= 11 is 0. The van der Waals surface area contributed by atoms with Gasteiger partial charge in [-0.25, -0.2) is 4.98 Å². The molecule has 2 aromatic rings. The van der Waals surface area contributed by atoms with Gasteiger partial charge in [0.25, 0.3) is 0 Å². The van der Waals surface area contributed by atoms with Crippen LogP contribution in [0.3, 0.4) is 0 Å². The lowest BCUT2D eigenvalue weighted by atomic mass is 10.1. The lowest BCUT2D eigenvalue weighted by Gasteiger charge is -2.27. The molecule has 1 aliphatic heterocycles. The first-order valence-electron chi connectivity index (χ1n) is 6.34. The average Bonchev–Trinajstić information content (AvgIpc) is 2.47. The number of nitrogens with zero attached hydrogens (tertiary/aromatic N) is 3. The molecule has 19 heavy (non-hydrogen) atoms. The fraction of sp³-hybridized carbons (Fsp3) is 0.267. The normalized spacial score (nSPS) is 15.5. The van der Waals surface area contributed by atoms with E-state index in [0.29, 0.717) is 37.3 Å². The number of rotatable bonds is 1. The van der Waals surface area contributed by atoms with Crippen LogP contribution in [0.4, 0.5) is 5.82 Å². The van der Waals surface area contributed by atoms with Gasteiger partial charge in [-0.15, -0.1) is 0 Å². The molecule has 3 rings (SSSR count). The first-order valence-corrected chi connectivity index (χ1v) is 6.34. The number of para-hydroxylation sites is 1. The Labute approximate surface area is 111 Å². The van der Waals surface area contributed by atoms with E-state index in [1.165, 1.54) is 0 Å². The van der Waals surface area contributed by atoms with Gasteiger partial charge in [-0.3, -0.25) is 4.79 Å². The zero-order chi connectivity index (χ0) is 13.2. The van der Waals surface area contributed by atoms with Crippen molar-refractivity contribution in [2.24, 2.45) is 0 Å². The molecule has 0 bridgehead atoms. The topological polar surface area (TPSA) is 57.0 Å². The fourth-order valence-electron chi connectivity index (χ4n) is 2.40. The van der Waals surface area contributed by atoms with Gasteiger partial charge in [0.1, 0.15) is 11.6 Å². The second kappa shape index (κ2) is 4.69. The second-order valence-electron chi connectivity index (χ2n) is 4.68. The molecule has 4 heteroatoms. The SMILES string of the molecule is N#Cc1cc(N2CCC(=O)CC2)nc2ccccc12. The van der Waals surface area contributed by atoms with Gasteiger partial charge in [0.05, 0.1) is 17.1 Å². The van der Waals surface area contributed by atoms with Crippen molar-refractivity contribution in [2.45, 2.75) is 12.8 Å². The molecule has 1 saturated heterocycles. The van der Waals surface area contributed by atoms with Crippen molar-refractivity contribution in [2.75, 3.05) is 18.0 Å². The molecular formula is C15H13N3O. The number of aromatic nitrogens is 1. The van der Waals surface area contributed by atoms with E-state index in [9.17, 15) is 10.1 Å². The lowest BCUT2D eigenvalue weighted by molar-refractivity contribution is -0.119. The highest BCUT2D eigenvalue weighted by atomic mass is 16.1. The number of benzene rings is 1. The molecule has 1 aromatic carbocycles. The summed E-state index contributed by atoms with van der Waals surface area (Å²) in [5.41, 5.74) is 1.46. The molecule has 1 fully saturated rings. The summed E-state index contributed by atoms with van der Waals surface area (Å²) in [6, 6.07) is 11.7. The predicted molar refractivity (Wildman–Crippen MR) is 72.9 cm³/mol. The van der Waals surface area contributed by atoms with Crippen LogP contribution in [0, 0.1) is 11.3 Å². The van der Waals surface area contributed by atoms with Crippen LogP contribution < -0.4 is 4.90 Å².